The van der Waals surface area contributed by atoms with Gasteiger partial charge in [-0.05, 0) is 54.4 Å². The van der Waals surface area contributed by atoms with Gasteiger partial charge in [0.15, 0.2) is 0 Å². The number of thioether (sulfide) groups is 1. The number of nitrogens with one attached hydrogen (secondary N) is 1. The molecular formula is C27H21F3N2O3S2. The first-order valence-corrected chi connectivity index (χ1v) is 13.9. The van der Waals surface area contributed by atoms with Crippen LogP contribution in [0.4, 0.5) is 18.9 Å². The van der Waals surface area contributed by atoms with E-state index in [0.29, 0.717) is 6.42 Å². The van der Waals surface area contributed by atoms with E-state index in [9.17, 15) is 27.6 Å². The molecule has 2 aliphatic carbocycles. The van der Waals surface area contributed by atoms with Crippen LogP contribution >= 0.6 is 23.1 Å². The lowest BCUT2D eigenvalue weighted by Gasteiger charge is -2.43. The number of para-hydroxylation sites is 1. The van der Waals surface area contributed by atoms with E-state index >= 15 is 0 Å². The predicted octanol–water partition coefficient (Wildman–Crippen LogP) is 5.44. The number of nitrogens with zero attached hydrogens (tertiary/aromatic N) is 1. The number of hydrogen-bond donors (Lipinski definition) is 1. The van der Waals surface area contributed by atoms with E-state index < -0.39 is 35.4 Å². The van der Waals surface area contributed by atoms with Crippen molar-refractivity contribution < 1.29 is 22.8 Å². The Kier molecular flexibility index (Phi) is 4.93. The van der Waals surface area contributed by atoms with Gasteiger partial charge in [-0.1, -0.05) is 47.7 Å². The molecule has 37 heavy (non-hydrogen) atoms. The molecule has 190 valence electrons. The summed E-state index contributed by atoms with van der Waals surface area (Å²) in [6, 6.07) is 12.8. The minimum Gasteiger partial charge on any atom is -0.307 e. The van der Waals surface area contributed by atoms with E-state index in [2.05, 4.69) is 11.1 Å². The smallest absolute Gasteiger partial charge is 0.307 e. The summed E-state index contributed by atoms with van der Waals surface area (Å²) in [6.45, 7) is 2.03. The molecule has 2 aliphatic heterocycles. The first-order chi connectivity index (χ1) is 17.7. The van der Waals surface area contributed by atoms with Crippen LogP contribution in [0.15, 0.2) is 58.4 Å². The molecule has 0 radical (unpaired) electrons. The summed E-state index contributed by atoms with van der Waals surface area (Å²) in [5.41, 5.74) is 0.815. The second-order valence-electron chi connectivity index (χ2n) is 10.3. The van der Waals surface area contributed by atoms with Crippen LogP contribution in [0.1, 0.15) is 33.9 Å². The normalized spacial score (nSPS) is 32.0. The summed E-state index contributed by atoms with van der Waals surface area (Å²) in [4.78, 5) is 44.4. The zero-order valence-electron chi connectivity index (χ0n) is 19.5. The van der Waals surface area contributed by atoms with Crippen LogP contribution in [0.3, 0.4) is 0 Å². The Morgan fingerprint density at radius 2 is 1.62 bits per heavy atom. The Hall–Kier alpha value is -2.85. The highest BCUT2D eigenvalue weighted by Crippen LogP contribution is 2.69. The second-order valence-corrected chi connectivity index (χ2v) is 12.5. The third-order valence-electron chi connectivity index (χ3n) is 8.70. The number of rotatable bonds is 2. The van der Waals surface area contributed by atoms with Crippen LogP contribution in [-0.2, 0) is 15.8 Å². The molecule has 6 unspecified atom stereocenters. The van der Waals surface area contributed by atoms with E-state index in [4.69, 9.17) is 0 Å². The standard InChI is InChI=1S/C27H21F3N2O3S2/c1-11-6-2-3-7-12(11)17-18-13-10-14(21(18)36-23-22(17)37-26(35)31-23)20-19(13)24(33)32(25(20)34)16-9-5-4-8-15(16)27(28,29)30/h2-9,13-14,17-21H,10H2,1H3,(H,31,35)/t13?,14?,17-,18?,19?,20?,21?/m1/s1. The Balaban J connectivity index is 1.34. The van der Waals surface area contributed by atoms with E-state index in [-0.39, 0.29) is 39.5 Å². The molecule has 10 heteroatoms. The van der Waals surface area contributed by atoms with Gasteiger partial charge in [-0.3, -0.25) is 14.4 Å². The fraction of sp³-hybridized carbons (Fsp3) is 0.370. The number of halogens is 3. The third-order valence-corrected chi connectivity index (χ3v) is 11.3. The van der Waals surface area contributed by atoms with Crippen LogP contribution in [-0.4, -0.2) is 22.0 Å². The van der Waals surface area contributed by atoms with Gasteiger partial charge >= 0.3 is 11.0 Å². The lowest BCUT2D eigenvalue weighted by atomic mass is 9.67. The highest BCUT2D eigenvalue weighted by molar-refractivity contribution is 8.00. The molecule has 3 aromatic rings. The molecule has 2 bridgehead atoms. The molecule has 3 fully saturated rings. The number of thiazole rings is 1. The van der Waals surface area contributed by atoms with Gasteiger partial charge in [0, 0.05) is 16.0 Å². The van der Waals surface area contributed by atoms with Crippen LogP contribution in [0.25, 0.3) is 0 Å². The van der Waals surface area contributed by atoms with Crippen molar-refractivity contribution in [3.8, 4) is 0 Å². The summed E-state index contributed by atoms with van der Waals surface area (Å²) in [5.74, 6) is -2.75. The molecule has 7 atom stereocenters. The van der Waals surface area contributed by atoms with Gasteiger partial charge in [0.1, 0.15) is 0 Å². The van der Waals surface area contributed by atoms with E-state index in [1.54, 1.807) is 11.8 Å². The number of H-pyrrole nitrogens is 1. The summed E-state index contributed by atoms with van der Waals surface area (Å²) < 4.78 is 41.4. The molecule has 5 nitrogen and oxygen atoms in total. The first-order valence-electron chi connectivity index (χ1n) is 12.2. The predicted molar refractivity (Wildman–Crippen MR) is 134 cm³/mol. The lowest BCUT2D eigenvalue weighted by molar-refractivity contribution is -0.137. The molecule has 2 aromatic carbocycles. The van der Waals surface area contributed by atoms with E-state index in [1.165, 1.54) is 29.5 Å². The van der Waals surface area contributed by atoms with Crippen molar-refractivity contribution in [1.82, 2.24) is 4.98 Å². The number of imide groups is 1. The fourth-order valence-corrected chi connectivity index (χ4v) is 10.3. The maximum absolute atomic E-state index is 13.8. The number of benzene rings is 2. The Morgan fingerprint density at radius 1 is 0.946 bits per heavy atom. The van der Waals surface area contributed by atoms with Crippen LogP contribution in [0, 0.1) is 36.5 Å². The number of aromatic nitrogens is 1. The summed E-state index contributed by atoms with van der Waals surface area (Å²) in [6.07, 6.45) is -4.00. The van der Waals surface area contributed by atoms with Gasteiger partial charge in [-0.15, -0.1) is 11.8 Å². The first kappa shape index (κ1) is 23.3. The van der Waals surface area contributed by atoms with Crippen molar-refractivity contribution in [2.45, 2.75) is 35.7 Å². The van der Waals surface area contributed by atoms with Crippen LogP contribution in [0.2, 0.25) is 0 Å². The van der Waals surface area contributed by atoms with Crippen molar-refractivity contribution in [2.24, 2.45) is 29.6 Å². The molecule has 7 rings (SSSR count). The molecule has 1 N–H and O–H groups in total. The molecule has 2 amide bonds. The van der Waals surface area contributed by atoms with Gasteiger partial charge in [-0.25, -0.2) is 4.90 Å². The molecule has 1 aromatic heterocycles. The molecular weight excluding hydrogens is 521 g/mol. The zero-order valence-corrected chi connectivity index (χ0v) is 21.1. The molecule has 4 aliphatic rings. The highest BCUT2D eigenvalue weighted by atomic mass is 32.2. The number of aryl methyl sites for hydroxylation is 1. The minimum atomic E-state index is -4.69. The number of alkyl halides is 3. The van der Waals surface area contributed by atoms with Gasteiger partial charge in [0.25, 0.3) is 0 Å². The minimum absolute atomic E-state index is 0.00543. The topological polar surface area (TPSA) is 70.2 Å². The van der Waals surface area contributed by atoms with Crippen molar-refractivity contribution in [3.63, 3.8) is 0 Å². The summed E-state index contributed by atoms with van der Waals surface area (Å²) in [5, 5.41) is 0.799. The zero-order chi connectivity index (χ0) is 25.8. The van der Waals surface area contributed by atoms with Crippen molar-refractivity contribution in [3.05, 3.63) is 79.8 Å². The molecule has 2 saturated carbocycles. The third kappa shape index (κ3) is 3.14. The summed E-state index contributed by atoms with van der Waals surface area (Å²) in [7, 11) is 0. The quantitative estimate of drug-likeness (QED) is 0.438. The Labute approximate surface area is 218 Å². The summed E-state index contributed by atoms with van der Waals surface area (Å²) >= 11 is 2.75. The molecule has 0 spiro atoms. The number of anilines is 1. The number of aromatic amines is 1. The maximum atomic E-state index is 13.8. The van der Waals surface area contributed by atoms with Crippen LogP contribution in [0.5, 0.6) is 0 Å². The average Bonchev–Trinajstić information content (AvgIpc) is 3.58. The van der Waals surface area contributed by atoms with E-state index in [1.807, 2.05) is 25.1 Å². The number of amides is 2. The fourth-order valence-electron chi connectivity index (χ4n) is 7.45. The maximum Gasteiger partial charge on any atom is 0.418 e. The van der Waals surface area contributed by atoms with Crippen molar-refractivity contribution in [1.29, 1.82) is 0 Å². The SMILES string of the molecule is Cc1ccccc1[C@H]1c2sc(=O)[nH]c2SC2C3CC(C4C(=O)N(c5ccccc5C(F)(F)F)C(=O)C34)C21. The second kappa shape index (κ2) is 7.83. The number of hydrogen-bond acceptors (Lipinski definition) is 5. The van der Waals surface area contributed by atoms with Crippen LogP contribution < -0.4 is 9.77 Å². The number of fused-ring (bicyclic) bond motifs is 9. The van der Waals surface area contributed by atoms with Gasteiger partial charge in [0.05, 0.1) is 28.1 Å². The number of carbonyl (C=O) groups excluding carboxylic acids is 2. The molecule has 1 saturated heterocycles. The van der Waals surface area contributed by atoms with Crippen molar-refractivity contribution in [2.75, 3.05) is 4.90 Å². The van der Waals surface area contributed by atoms with Gasteiger partial charge in [-0.2, -0.15) is 13.2 Å². The Morgan fingerprint density at radius 3 is 2.35 bits per heavy atom. The number of carbonyl (C=O) groups is 2. The Bertz CT molecular complexity index is 1530. The lowest BCUT2D eigenvalue weighted by Crippen LogP contribution is -2.42. The highest BCUT2D eigenvalue weighted by Gasteiger charge is 2.70. The average molecular weight is 543 g/mol. The molecule has 3 heterocycles. The van der Waals surface area contributed by atoms with Gasteiger partial charge in [0.2, 0.25) is 11.8 Å². The van der Waals surface area contributed by atoms with Crippen molar-refractivity contribution >= 4 is 40.6 Å². The van der Waals surface area contributed by atoms with E-state index in [0.717, 1.165) is 32.0 Å². The van der Waals surface area contributed by atoms with Gasteiger partial charge < -0.3 is 4.98 Å². The largest absolute Gasteiger partial charge is 0.418 e. The monoisotopic (exact) mass is 542 g/mol.